The second-order valence-corrected chi connectivity index (χ2v) is 7.33. The number of anilines is 1. The van der Waals surface area contributed by atoms with Crippen molar-refractivity contribution in [1.29, 1.82) is 0 Å². The Morgan fingerprint density at radius 3 is 2.52 bits per heavy atom. The molecule has 0 aliphatic carbocycles. The van der Waals surface area contributed by atoms with Crippen molar-refractivity contribution in [2.45, 2.75) is 11.3 Å². The van der Waals surface area contributed by atoms with Crippen LogP contribution >= 0.6 is 27.7 Å². The van der Waals surface area contributed by atoms with Gasteiger partial charge < -0.3 is 15.0 Å². The van der Waals surface area contributed by atoms with Gasteiger partial charge in [0, 0.05) is 29.2 Å². The first kappa shape index (κ1) is 19.3. The normalized spacial score (nSPS) is 10.2. The minimum absolute atomic E-state index is 0.0403. The molecule has 0 aliphatic heterocycles. The first-order valence-corrected chi connectivity index (χ1v) is 9.22. The van der Waals surface area contributed by atoms with Crippen LogP contribution in [0.3, 0.4) is 0 Å². The second-order valence-electron chi connectivity index (χ2n) is 5.39. The van der Waals surface area contributed by atoms with Gasteiger partial charge in [-0.05, 0) is 54.2 Å². The van der Waals surface area contributed by atoms with Crippen LogP contribution in [0.5, 0.6) is 5.75 Å². The molecule has 0 aliphatic rings. The summed E-state index contributed by atoms with van der Waals surface area (Å²) in [5, 5.41) is 2.77. The van der Waals surface area contributed by atoms with E-state index in [0.29, 0.717) is 18.0 Å². The van der Waals surface area contributed by atoms with E-state index in [2.05, 4.69) is 21.2 Å². The van der Waals surface area contributed by atoms with Gasteiger partial charge in [0.1, 0.15) is 5.75 Å². The first-order chi connectivity index (χ1) is 11.9. The SMILES string of the molecule is CN(C)C(=O)Sc1ccc(NC(=O)CCOc2cccc(Br)c2)cc1. The summed E-state index contributed by atoms with van der Waals surface area (Å²) in [5.74, 6) is 0.592. The molecule has 7 heteroatoms. The third-order valence-corrected chi connectivity index (χ3v) is 4.64. The number of nitrogens with zero attached hydrogens (tertiary/aromatic N) is 1. The van der Waals surface area contributed by atoms with Crippen LogP contribution in [0.15, 0.2) is 57.9 Å². The second kappa shape index (κ2) is 9.48. The van der Waals surface area contributed by atoms with Gasteiger partial charge in [0.25, 0.3) is 5.24 Å². The van der Waals surface area contributed by atoms with Gasteiger partial charge in [-0.1, -0.05) is 22.0 Å². The van der Waals surface area contributed by atoms with E-state index in [0.717, 1.165) is 21.1 Å². The van der Waals surface area contributed by atoms with E-state index >= 15 is 0 Å². The highest BCUT2D eigenvalue weighted by molar-refractivity contribution is 9.10. The smallest absolute Gasteiger partial charge is 0.285 e. The number of halogens is 1. The average molecular weight is 423 g/mol. The standard InChI is InChI=1S/C18H19BrN2O3S/c1-21(2)18(23)25-16-8-6-14(7-9-16)20-17(22)10-11-24-15-5-3-4-13(19)12-15/h3-9,12H,10-11H2,1-2H3,(H,20,22). The number of amides is 2. The lowest BCUT2D eigenvalue weighted by molar-refractivity contribution is -0.116. The van der Waals surface area contributed by atoms with Crippen molar-refractivity contribution in [2.75, 3.05) is 26.0 Å². The van der Waals surface area contributed by atoms with Crippen molar-refractivity contribution in [3.05, 3.63) is 53.0 Å². The molecular weight excluding hydrogens is 404 g/mol. The topological polar surface area (TPSA) is 58.6 Å². The Kier molecular flexibility index (Phi) is 7.33. The van der Waals surface area contributed by atoms with Crippen LogP contribution in [0.4, 0.5) is 10.5 Å². The molecular formula is C18H19BrN2O3S. The summed E-state index contributed by atoms with van der Waals surface area (Å²) in [6, 6.07) is 14.6. The van der Waals surface area contributed by atoms with E-state index in [9.17, 15) is 9.59 Å². The van der Waals surface area contributed by atoms with Gasteiger partial charge in [-0.15, -0.1) is 0 Å². The van der Waals surface area contributed by atoms with Crippen LogP contribution in [0.1, 0.15) is 6.42 Å². The molecule has 0 aromatic heterocycles. The lowest BCUT2D eigenvalue weighted by Gasteiger charge is -2.10. The summed E-state index contributed by atoms with van der Waals surface area (Å²) in [7, 11) is 3.42. The summed E-state index contributed by atoms with van der Waals surface area (Å²) in [5.41, 5.74) is 0.689. The van der Waals surface area contributed by atoms with Crippen molar-refractivity contribution in [1.82, 2.24) is 4.90 Å². The predicted octanol–water partition coefficient (Wildman–Crippen LogP) is 4.63. The van der Waals surface area contributed by atoms with E-state index in [1.807, 2.05) is 24.3 Å². The molecule has 0 bridgehead atoms. The predicted molar refractivity (Wildman–Crippen MR) is 104 cm³/mol. The van der Waals surface area contributed by atoms with E-state index in [4.69, 9.17) is 4.74 Å². The molecule has 132 valence electrons. The number of hydrogen-bond acceptors (Lipinski definition) is 4. The van der Waals surface area contributed by atoms with Crippen molar-refractivity contribution in [3.8, 4) is 5.75 Å². The number of nitrogens with one attached hydrogen (secondary N) is 1. The van der Waals surface area contributed by atoms with E-state index in [1.165, 1.54) is 4.90 Å². The Balaban J connectivity index is 1.77. The minimum Gasteiger partial charge on any atom is -0.493 e. The summed E-state index contributed by atoms with van der Waals surface area (Å²) < 4.78 is 6.47. The molecule has 0 spiro atoms. The Morgan fingerprint density at radius 2 is 1.88 bits per heavy atom. The highest BCUT2D eigenvalue weighted by Crippen LogP contribution is 2.22. The maximum Gasteiger partial charge on any atom is 0.285 e. The zero-order valence-electron chi connectivity index (χ0n) is 14.0. The minimum atomic E-state index is -0.125. The van der Waals surface area contributed by atoms with Gasteiger partial charge in [0.2, 0.25) is 5.91 Å². The fourth-order valence-electron chi connectivity index (χ4n) is 1.84. The number of carbonyl (C=O) groups excluding carboxylic acids is 2. The summed E-state index contributed by atoms with van der Waals surface area (Å²) in [6.07, 6.45) is 0.252. The van der Waals surface area contributed by atoms with Crippen LogP contribution in [0.2, 0.25) is 0 Å². The molecule has 2 aromatic carbocycles. The quantitative estimate of drug-likeness (QED) is 0.689. The molecule has 1 N–H and O–H groups in total. The molecule has 2 amide bonds. The molecule has 2 aromatic rings. The highest BCUT2D eigenvalue weighted by atomic mass is 79.9. The van der Waals surface area contributed by atoms with Crippen molar-refractivity contribution < 1.29 is 14.3 Å². The molecule has 25 heavy (non-hydrogen) atoms. The maximum atomic E-state index is 12.0. The highest BCUT2D eigenvalue weighted by Gasteiger charge is 2.07. The Hall–Kier alpha value is -1.99. The average Bonchev–Trinajstić information content (AvgIpc) is 2.56. The van der Waals surface area contributed by atoms with Gasteiger partial charge >= 0.3 is 0 Å². The summed E-state index contributed by atoms with van der Waals surface area (Å²) in [4.78, 5) is 25.9. The zero-order valence-corrected chi connectivity index (χ0v) is 16.4. The van der Waals surface area contributed by atoms with E-state index in [-0.39, 0.29) is 17.6 Å². The van der Waals surface area contributed by atoms with Gasteiger partial charge in [0.05, 0.1) is 13.0 Å². The van der Waals surface area contributed by atoms with Crippen molar-refractivity contribution >= 4 is 44.5 Å². The molecule has 0 fully saturated rings. The molecule has 0 unspecified atom stereocenters. The number of hydrogen-bond donors (Lipinski definition) is 1. The molecule has 0 atom stereocenters. The number of ether oxygens (including phenoxy) is 1. The van der Waals surface area contributed by atoms with Crippen LogP contribution in [-0.4, -0.2) is 36.7 Å². The summed E-state index contributed by atoms with van der Waals surface area (Å²) >= 11 is 4.51. The number of carbonyl (C=O) groups is 2. The fourth-order valence-corrected chi connectivity index (χ4v) is 2.87. The van der Waals surface area contributed by atoms with Crippen molar-refractivity contribution in [2.24, 2.45) is 0 Å². The molecule has 0 saturated carbocycles. The number of benzene rings is 2. The third-order valence-electron chi connectivity index (χ3n) is 3.10. The maximum absolute atomic E-state index is 12.0. The molecule has 5 nitrogen and oxygen atoms in total. The van der Waals surface area contributed by atoms with Crippen LogP contribution in [0.25, 0.3) is 0 Å². The Labute approximate surface area is 159 Å². The number of thioether (sulfide) groups is 1. The number of rotatable bonds is 6. The van der Waals surface area contributed by atoms with Gasteiger partial charge in [-0.3, -0.25) is 9.59 Å². The van der Waals surface area contributed by atoms with E-state index in [1.54, 1.807) is 38.4 Å². The summed E-state index contributed by atoms with van der Waals surface area (Å²) in [6.45, 7) is 0.299. The molecule has 0 radical (unpaired) electrons. The molecule has 0 heterocycles. The van der Waals surface area contributed by atoms with E-state index < -0.39 is 0 Å². The van der Waals surface area contributed by atoms with Gasteiger partial charge in [-0.2, -0.15) is 0 Å². The molecule has 0 saturated heterocycles. The van der Waals surface area contributed by atoms with Crippen molar-refractivity contribution in [3.63, 3.8) is 0 Å². The first-order valence-electron chi connectivity index (χ1n) is 7.61. The monoisotopic (exact) mass is 422 g/mol. The lowest BCUT2D eigenvalue weighted by Crippen LogP contribution is -2.16. The van der Waals surface area contributed by atoms with Gasteiger partial charge in [-0.25, -0.2) is 0 Å². The third kappa shape index (κ3) is 6.80. The van der Waals surface area contributed by atoms with Gasteiger partial charge in [0.15, 0.2) is 0 Å². The van der Waals surface area contributed by atoms with Crippen LogP contribution < -0.4 is 10.1 Å². The largest absolute Gasteiger partial charge is 0.493 e. The lowest BCUT2D eigenvalue weighted by atomic mass is 10.3. The van der Waals surface area contributed by atoms with Crippen LogP contribution in [-0.2, 0) is 4.79 Å². The molecule has 2 rings (SSSR count). The van der Waals surface area contributed by atoms with Crippen LogP contribution in [0, 0.1) is 0 Å². The Bertz CT molecular complexity index is 735. The zero-order chi connectivity index (χ0) is 18.2. The fraction of sp³-hybridized carbons (Fsp3) is 0.222. The Morgan fingerprint density at radius 1 is 1.16 bits per heavy atom.